The quantitative estimate of drug-likeness (QED) is 0.553. The van der Waals surface area contributed by atoms with E-state index in [1.165, 1.54) is 5.69 Å². The van der Waals surface area contributed by atoms with Crippen molar-refractivity contribution in [1.29, 1.82) is 0 Å². The SMILES string of the molecule is Cc1cc(OCC2(CC(=O)N3CCOCC3)CCCN(Cc3ccnn3C(C)C)C2)ccc1Cl. The fourth-order valence-electron chi connectivity index (χ4n) is 5.11. The average molecular weight is 489 g/mol. The predicted octanol–water partition coefficient (Wildman–Crippen LogP) is 4.34. The van der Waals surface area contributed by atoms with Crippen molar-refractivity contribution in [2.24, 2.45) is 5.41 Å². The first-order valence-corrected chi connectivity index (χ1v) is 12.7. The van der Waals surface area contributed by atoms with Crippen LogP contribution in [0.25, 0.3) is 0 Å². The van der Waals surface area contributed by atoms with Gasteiger partial charge in [0.25, 0.3) is 0 Å². The Balaban J connectivity index is 1.51. The molecule has 1 amide bonds. The lowest BCUT2D eigenvalue weighted by atomic mass is 9.77. The highest BCUT2D eigenvalue weighted by Gasteiger charge is 2.40. The highest BCUT2D eigenvalue weighted by Crippen LogP contribution is 2.36. The van der Waals surface area contributed by atoms with Crippen molar-refractivity contribution in [1.82, 2.24) is 19.6 Å². The number of hydrogen-bond donors (Lipinski definition) is 0. The molecule has 186 valence electrons. The zero-order valence-electron chi connectivity index (χ0n) is 20.6. The number of carbonyl (C=O) groups excluding carboxylic acids is 1. The molecule has 2 aromatic rings. The lowest BCUT2D eigenvalue weighted by molar-refractivity contribution is -0.139. The smallest absolute Gasteiger partial charge is 0.223 e. The zero-order chi connectivity index (χ0) is 24.1. The molecule has 0 radical (unpaired) electrons. The number of halogens is 1. The van der Waals surface area contributed by atoms with Gasteiger partial charge in [-0.25, -0.2) is 0 Å². The van der Waals surface area contributed by atoms with Gasteiger partial charge < -0.3 is 14.4 Å². The van der Waals surface area contributed by atoms with Gasteiger partial charge in [-0.3, -0.25) is 14.4 Å². The molecular formula is C26H37ClN4O3. The van der Waals surface area contributed by atoms with Crippen LogP contribution in [-0.2, 0) is 16.1 Å². The summed E-state index contributed by atoms with van der Waals surface area (Å²) < 4.78 is 13.9. The minimum absolute atomic E-state index is 0.202. The molecule has 8 heteroatoms. The standard InChI is InChI=1S/C26H37ClN4O3/c1-20(2)31-22(7-9-28-31)17-29-10-4-8-26(18-29,16-25(32)30-11-13-33-14-12-30)19-34-23-5-6-24(27)21(3)15-23/h5-7,9,15,20H,4,8,10-14,16-19H2,1-3H3. The first kappa shape index (κ1) is 25.0. The molecule has 1 unspecified atom stereocenters. The lowest BCUT2D eigenvalue weighted by Gasteiger charge is -2.43. The fraction of sp³-hybridized carbons (Fsp3) is 0.615. The molecular weight excluding hydrogens is 452 g/mol. The van der Waals surface area contributed by atoms with Gasteiger partial charge in [-0.1, -0.05) is 11.6 Å². The summed E-state index contributed by atoms with van der Waals surface area (Å²) >= 11 is 6.20. The number of ether oxygens (including phenoxy) is 2. The number of aryl methyl sites for hydroxylation is 1. The number of carbonyl (C=O) groups is 1. The molecule has 1 aromatic heterocycles. The molecule has 1 aromatic carbocycles. The largest absolute Gasteiger partial charge is 0.493 e. The maximum Gasteiger partial charge on any atom is 0.223 e. The molecule has 4 rings (SSSR count). The summed E-state index contributed by atoms with van der Waals surface area (Å²) in [7, 11) is 0. The molecule has 2 fully saturated rings. The van der Waals surface area contributed by atoms with E-state index in [-0.39, 0.29) is 11.3 Å². The highest BCUT2D eigenvalue weighted by atomic mass is 35.5. The Hall–Kier alpha value is -2.09. The fourth-order valence-corrected chi connectivity index (χ4v) is 5.23. The number of amides is 1. The number of nitrogens with zero attached hydrogens (tertiary/aromatic N) is 4. The van der Waals surface area contributed by atoms with Gasteiger partial charge in [0.1, 0.15) is 5.75 Å². The molecule has 34 heavy (non-hydrogen) atoms. The van der Waals surface area contributed by atoms with Gasteiger partial charge in [-0.15, -0.1) is 0 Å². The van der Waals surface area contributed by atoms with E-state index in [2.05, 4.69) is 34.6 Å². The van der Waals surface area contributed by atoms with Crippen molar-refractivity contribution < 1.29 is 14.3 Å². The number of benzene rings is 1. The number of hydrogen-bond acceptors (Lipinski definition) is 5. The third kappa shape index (κ3) is 6.12. The van der Waals surface area contributed by atoms with Crippen molar-refractivity contribution in [3.8, 4) is 5.75 Å². The predicted molar refractivity (Wildman–Crippen MR) is 133 cm³/mol. The minimum Gasteiger partial charge on any atom is -0.493 e. The van der Waals surface area contributed by atoms with Crippen LogP contribution < -0.4 is 4.74 Å². The molecule has 1 atom stereocenters. The molecule has 0 aliphatic carbocycles. The normalized spacial score (nSPS) is 21.7. The molecule has 2 saturated heterocycles. The van der Waals surface area contributed by atoms with E-state index in [0.717, 1.165) is 48.8 Å². The van der Waals surface area contributed by atoms with E-state index in [1.54, 1.807) is 0 Å². The van der Waals surface area contributed by atoms with Gasteiger partial charge in [0, 0.05) is 55.3 Å². The second kappa shape index (κ2) is 11.1. The summed E-state index contributed by atoms with van der Waals surface area (Å²) in [5.41, 5.74) is 1.95. The number of rotatable bonds is 8. The van der Waals surface area contributed by atoms with E-state index in [0.29, 0.717) is 45.4 Å². The van der Waals surface area contributed by atoms with Crippen molar-refractivity contribution in [3.05, 3.63) is 46.7 Å². The molecule has 7 nitrogen and oxygen atoms in total. The first-order chi connectivity index (χ1) is 16.3. The maximum atomic E-state index is 13.3. The van der Waals surface area contributed by atoms with Crippen LogP contribution in [0, 0.1) is 12.3 Å². The van der Waals surface area contributed by atoms with Gasteiger partial charge in [0.15, 0.2) is 0 Å². The molecule has 3 heterocycles. The van der Waals surface area contributed by atoms with E-state index >= 15 is 0 Å². The maximum absolute atomic E-state index is 13.3. The van der Waals surface area contributed by atoms with Crippen molar-refractivity contribution in [3.63, 3.8) is 0 Å². The Morgan fingerprint density at radius 3 is 2.76 bits per heavy atom. The van der Waals surface area contributed by atoms with Gasteiger partial charge in [0.05, 0.1) is 25.5 Å². The van der Waals surface area contributed by atoms with E-state index in [1.807, 2.05) is 36.2 Å². The van der Waals surface area contributed by atoms with Crippen molar-refractivity contribution in [2.45, 2.75) is 52.6 Å². The third-order valence-electron chi connectivity index (χ3n) is 6.93. The summed E-state index contributed by atoms with van der Waals surface area (Å²) in [6.07, 6.45) is 4.37. The number of likely N-dealkylation sites (tertiary alicyclic amines) is 1. The van der Waals surface area contributed by atoms with Crippen LogP contribution in [0.2, 0.25) is 5.02 Å². The van der Waals surface area contributed by atoms with Gasteiger partial charge in [-0.2, -0.15) is 5.10 Å². The summed E-state index contributed by atoms with van der Waals surface area (Å²) in [6.45, 7) is 12.0. The number of aromatic nitrogens is 2. The molecule has 2 aliphatic heterocycles. The van der Waals surface area contributed by atoms with Crippen LogP contribution in [0.4, 0.5) is 0 Å². The lowest BCUT2D eigenvalue weighted by Crippen LogP contribution is -2.50. The van der Waals surface area contributed by atoms with Gasteiger partial charge in [0.2, 0.25) is 5.91 Å². The minimum atomic E-state index is -0.246. The Morgan fingerprint density at radius 2 is 2.03 bits per heavy atom. The Morgan fingerprint density at radius 1 is 1.24 bits per heavy atom. The molecule has 0 N–H and O–H groups in total. The molecule has 2 aliphatic rings. The van der Waals surface area contributed by atoms with E-state index < -0.39 is 0 Å². The zero-order valence-corrected chi connectivity index (χ0v) is 21.4. The van der Waals surface area contributed by atoms with Crippen molar-refractivity contribution >= 4 is 17.5 Å². The van der Waals surface area contributed by atoms with Crippen LogP contribution in [0.3, 0.4) is 0 Å². The summed E-state index contributed by atoms with van der Waals surface area (Å²) in [5, 5.41) is 5.23. The summed E-state index contributed by atoms with van der Waals surface area (Å²) in [5.74, 6) is 1.00. The molecule has 0 saturated carbocycles. The Kier molecular flexibility index (Phi) is 8.17. The van der Waals surface area contributed by atoms with Crippen LogP contribution >= 0.6 is 11.6 Å². The number of morpholine rings is 1. The van der Waals surface area contributed by atoms with Crippen LogP contribution in [0.5, 0.6) is 5.75 Å². The van der Waals surface area contributed by atoms with Gasteiger partial charge >= 0.3 is 0 Å². The van der Waals surface area contributed by atoms with Crippen molar-refractivity contribution in [2.75, 3.05) is 46.0 Å². The van der Waals surface area contributed by atoms with Crippen LogP contribution in [-0.4, -0.2) is 71.5 Å². The monoisotopic (exact) mass is 488 g/mol. The van der Waals surface area contributed by atoms with Crippen LogP contribution in [0.15, 0.2) is 30.5 Å². The molecule has 0 bridgehead atoms. The second-order valence-corrected chi connectivity index (χ2v) is 10.5. The highest BCUT2D eigenvalue weighted by molar-refractivity contribution is 6.31. The molecule has 0 spiro atoms. The Labute approximate surface area is 207 Å². The third-order valence-corrected chi connectivity index (χ3v) is 7.36. The Bertz CT molecular complexity index is 973. The van der Waals surface area contributed by atoms with E-state index in [9.17, 15) is 4.79 Å². The van der Waals surface area contributed by atoms with E-state index in [4.69, 9.17) is 21.1 Å². The van der Waals surface area contributed by atoms with Crippen LogP contribution in [0.1, 0.15) is 50.4 Å². The van der Waals surface area contributed by atoms with Gasteiger partial charge in [-0.05, 0) is 70.0 Å². The first-order valence-electron chi connectivity index (χ1n) is 12.3. The average Bonchev–Trinajstić information content (AvgIpc) is 3.29. The summed E-state index contributed by atoms with van der Waals surface area (Å²) in [6, 6.07) is 8.18. The number of piperidine rings is 1. The summed E-state index contributed by atoms with van der Waals surface area (Å²) in [4.78, 5) is 17.7. The topological polar surface area (TPSA) is 59.8 Å². The second-order valence-electron chi connectivity index (χ2n) is 10.0.